The van der Waals surface area contributed by atoms with Gasteiger partial charge in [-0.1, -0.05) is 55.8 Å². The predicted molar refractivity (Wildman–Crippen MR) is 116 cm³/mol. The summed E-state index contributed by atoms with van der Waals surface area (Å²) < 4.78 is 0. The lowest BCUT2D eigenvalue weighted by atomic mass is 9.87. The van der Waals surface area contributed by atoms with Crippen molar-refractivity contribution >= 4 is 17.4 Å². The Bertz CT molecular complexity index is 883. The molecule has 1 atom stereocenters. The molecule has 0 fully saturated rings. The molecule has 0 saturated carbocycles. The van der Waals surface area contributed by atoms with Crippen LogP contribution in [-0.4, -0.2) is 17.0 Å². The lowest BCUT2D eigenvalue weighted by Crippen LogP contribution is -2.30. The summed E-state index contributed by atoms with van der Waals surface area (Å²) in [6, 6.07) is 14.9. The number of allylic oxidation sites excluding steroid dienone is 2. The van der Waals surface area contributed by atoms with Gasteiger partial charge < -0.3 is 10.4 Å². The van der Waals surface area contributed by atoms with Crippen LogP contribution >= 0.6 is 0 Å². The third kappa shape index (κ3) is 5.57. The Labute approximate surface area is 172 Å². The number of carboxylic acid groups (broad SMARTS) is 1. The molecule has 0 aromatic heterocycles. The minimum atomic E-state index is -0.961. The summed E-state index contributed by atoms with van der Waals surface area (Å²) in [7, 11) is 0. The lowest BCUT2D eigenvalue weighted by molar-refractivity contribution is -0.121. The number of hydrogen-bond donors (Lipinski definition) is 2. The molecule has 1 amide bonds. The number of amides is 1. The quantitative estimate of drug-likeness (QED) is 0.621. The van der Waals surface area contributed by atoms with Crippen molar-refractivity contribution in [3.63, 3.8) is 0 Å². The van der Waals surface area contributed by atoms with E-state index in [-0.39, 0.29) is 23.9 Å². The fourth-order valence-corrected chi connectivity index (χ4v) is 3.97. The second kappa shape index (κ2) is 10.1. The molecule has 0 bridgehead atoms. The van der Waals surface area contributed by atoms with Crippen LogP contribution in [0.4, 0.5) is 0 Å². The maximum atomic E-state index is 12.7. The molecular formula is C25H29NO3. The van der Waals surface area contributed by atoms with Gasteiger partial charge in [0.2, 0.25) is 5.91 Å². The van der Waals surface area contributed by atoms with Gasteiger partial charge in [0, 0.05) is 0 Å². The van der Waals surface area contributed by atoms with E-state index in [1.165, 1.54) is 29.5 Å². The summed E-state index contributed by atoms with van der Waals surface area (Å²) >= 11 is 0. The van der Waals surface area contributed by atoms with Crippen LogP contribution < -0.4 is 5.32 Å². The van der Waals surface area contributed by atoms with Crippen molar-refractivity contribution in [1.29, 1.82) is 0 Å². The Kier molecular flexibility index (Phi) is 7.23. The molecule has 1 aliphatic carbocycles. The van der Waals surface area contributed by atoms with E-state index in [2.05, 4.69) is 36.5 Å². The molecule has 4 heteroatoms. The summed E-state index contributed by atoms with van der Waals surface area (Å²) in [6.45, 7) is 2.13. The van der Waals surface area contributed by atoms with Crippen LogP contribution in [0, 0.1) is 0 Å². The van der Waals surface area contributed by atoms with E-state index in [0.717, 1.165) is 31.2 Å². The zero-order valence-corrected chi connectivity index (χ0v) is 17.0. The van der Waals surface area contributed by atoms with Crippen LogP contribution in [0.1, 0.15) is 78.5 Å². The Morgan fingerprint density at radius 3 is 2.48 bits per heavy atom. The van der Waals surface area contributed by atoms with E-state index in [1.54, 1.807) is 24.3 Å². The van der Waals surface area contributed by atoms with Gasteiger partial charge in [0.1, 0.15) is 0 Å². The fourth-order valence-electron chi connectivity index (χ4n) is 3.97. The van der Waals surface area contributed by atoms with Gasteiger partial charge in [0.25, 0.3) is 0 Å². The van der Waals surface area contributed by atoms with Crippen molar-refractivity contribution in [2.24, 2.45) is 0 Å². The van der Waals surface area contributed by atoms with Crippen molar-refractivity contribution in [3.8, 4) is 0 Å². The highest BCUT2D eigenvalue weighted by Crippen LogP contribution is 2.33. The molecule has 4 nitrogen and oxygen atoms in total. The van der Waals surface area contributed by atoms with Crippen LogP contribution in [0.25, 0.3) is 5.57 Å². The van der Waals surface area contributed by atoms with E-state index in [4.69, 9.17) is 5.11 Å². The molecule has 0 radical (unpaired) electrons. The minimum absolute atomic E-state index is 0.0233. The van der Waals surface area contributed by atoms with E-state index in [9.17, 15) is 9.59 Å². The first kappa shape index (κ1) is 20.8. The van der Waals surface area contributed by atoms with Crippen LogP contribution in [0.2, 0.25) is 0 Å². The second-order valence-corrected chi connectivity index (χ2v) is 7.65. The number of aromatic carboxylic acids is 1. The second-order valence-electron chi connectivity index (χ2n) is 7.65. The predicted octanol–water partition coefficient (Wildman–Crippen LogP) is 5.54. The van der Waals surface area contributed by atoms with Gasteiger partial charge in [-0.25, -0.2) is 4.79 Å². The normalized spacial score (nSPS) is 14.7. The molecule has 152 valence electrons. The summed E-state index contributed by atoms with van der Waals surface area (Å²) in [6.07, 6.45) is 9.14. The van der Waals surface area contributed by atoms with Crippen molar-refractivity contribution in [2.45, 2.75) is 57.9 Å². The molecule has 2 N–H and O–H groups in total. The fraction of sp³-hybridized carbons (Fsp3) is 0.360. The summed E-state index contributed by atoms with van der Waals surface area (Å²) in [4.78, 5) is 23.7. The molecule has 1 unspecified atom stereocenters. The average Bonchev–Trinajstić information content (AvgIpc) is 2.74. The summed E-state index contributed by atoms with van der Waals surface area (Å²) in [5.41, 5.74) is 4.89. The molecule has 3 rings (SSSR count). The number of rotatable bonds is 8. The Morgan fingerprint density at radius 1 is 1.07 bits per heavy atom. The highest BCUT2D eigenvalue weighted by molar-refractivity contribution is 5.87. The van der Waals surface area contributed by atoms with Crippen LogP contribution in [0.3, 0.4) is 0 Å². The topological polar surface area (TPSA) is 66.4 Å². The number of carbonyl (C=O) groups is 2. The first-order chi connectivity index (χ1) is 14.1. The molecular weight excluding hydrogens is 362 g/mol. The number of carbonyl (C=O) groups excluding carboxylic acids is 1. The first-order valence-electron chi connectivity index (χ1n) is 10.5. The smallest absolute Gasteiger partial charge is 0.335 e. The monoisotopic (exact) mass is 391 g/mol. The van der Waals surface area contributed by atoms with Crippen molar-refractivity contribution in [2.75, 3.05) is 0 Å². The van der Waals surface area contributed by atoms with Gasteiger partial charge in [-0.2, -0.15) is 0 Å². The lowest BCUT2D eigenvalue weighted by Gasteiger charge is -2.24. The maximum Gasteiger partial charge on any atom is 0.335 e. The molecule has 1 aliphatic rings. The number of carboxylic acids is 1. The largest absolute Gasteiger partial charge is 0.478 e. The van der Waals surface area contributed by atoms with Gasteiger partial charge in [-0.3, -0.25) is 4.79 Å². The maximum absolute atomic E-state index is 12.7. The highest BCUT2D eigenvalue weighted by Gasteiger charge is 2.19. The summed E-state index contributed by atoms with van der Waals surface area (Å²) in [5, 5.41) is 12.2. The molecule has 0 aliphatic heterocycles. The summed E-state index contributed by atoms with van der Waals surface area (Å²) in [5.74, 6) is -1.00. The van der Waals surface area contributed by atoms with Gasteiger partial charge in [-0.15, -0.1) is 0 Å². The van der Waals surface area contributed by atoms with Crippen molar-refractivity contribution in [3.05, 3.63) is 76.9 Å². The van der Waals surface area contributed by atoms with Gasteiger partial charge in [-0.05, 0) is 66.5 Å². The third-order valence-electron chi connectivity index (χ3n) is 5.45. The number of hydrogen-bond acceptors (Lipinski definition) is 2. The van der Waals surface area contributed by atoms with E-state index in [1.807, 2.05) is 6.07 Å². The number of nitrogens with one attached hydrogen (secondary N) is 1. The van der Waals surface area contributed by atoms with Crippen LogP contribution in [-0.2, 0) is 11.2 Å². The molecule has 0 spiro atoms. The molecule has 0 saturated heterocycles. The van der Waals surface area contributed by atoms with Gasteiger partial charge >= 0.3 is 5.97 Å². The Morgan fingerprint density at radius 2 is 1.83 bits per heavy atom. The minimum Gasteiger partial charge on any atom is -0.478 e. The zero-order valence-electron chi connectivity index (χ0n) is 17.0. The molecule has 2 aromatic carbocycles. The average molecular weight is 392 g/mol. The van der Waals surface area contributed by atoms with E-state index in [0.29, 0.717) is 0 Å². The molecule has 2 aromatic rings. The van der Waals surface area contributed by atoms with Crippen LogP contribution in [0.5, 0.6) is 0 Å². The van der Waals surface area contributed by atoms with Gasteiger partial charge in [0.05, 0.1) is 18.0 Å². The first-order valence-corrected chi connectivity index (χ1v) is 10.5. The van der Waals surface area contributed by atoms with Crippen molar-refractivity contribution in [1.82, 2.24) is 5.32 Å². The van der Waals surface area contributed by atoms with Crippen LogP contribution in [0.15, 0.2) is 54.6 Å². The number of benzene rings is 2. The van der Waals surface area contributed by atoms with Crippen molar-refractivity contribution < 1.29 is 14.7 Å². The zero-order chi connectivity index (χ0) is 20.6. The standard InChI is InChI=1S/C25H29NO3/c1-2-8-23(22-12-7-6-11-21(22)19-9-4-3-5-10-19)26-24(27)17-18-13-15-20(16-14-18)25(28)29/h6-7,9,11-16,23H,2-5,8,10,17H2,1H3,(H,26,27)(H,28,29). The van der Waals surface area contributed by atoms with Gasteiger partial charge in [0.15, 0.2) is 0 Å². The van der Waals surface area contributed by atoms with E-state index >= 15 is 0 Å². The van der Waals surface area contributed by atoms with E-state index < -0.39 is 5.97 Å². The third-order valence-corrected chi connectivity index (χ3v) is 5.45. The Balaban J connectivity index is 1.75. The Hall–Kier alpha value is -2.88. The molecule has 0 heterocycles. The molecule has 29 heavy (non-hydrogen) atoms. The SMILES string of the molecule is CCCC(NC(=O)Cc1ccc(C(=O)O)cc1)c1ccccc1C1=CCCCC1. The highest BCUT2D eigenvalue weighted by atomic mass is 16.4.